The number of hydrogen-bond acceptors (Lipinski definition) is 5. The number of rotatable bonds is 9. The maximum absolute atomic E-state index is 11.8. The Kier molecular flexibility index (Phi) is 7.55. The van der Waals surface area contributed by atoms with E-state index in [4.69, 9.17) is 14.2 Å². The number of carbonyl (C=O) groups is 2. The van der Waals surface area contributed by atoms with E-state index < -0.39 is 5.97 Å². The summed E-state index contributed by atoms with van der Waals surface area (Å²) in [6, 6.07) is 5.48. The summed E-state index contributed by atoms with van der Waals surface area (Å²) in [5.41, 5.74) is 0.629. The normalized spacial score (nSPS) is 10.9. The number of hydrogen-bond donors (Lipinski definition) is 1. The van der Waals surface area contributed by atoms with Crippen LogP contribution in [0.2, 0.25) is 0 Å². The Hall–Kier alpha value is -2.24. The lowest BCUT2D eigenvalue weighted by molar-refractivity contribution is -0.149. The van der Waals surface area contributed by atoms with Gasteiger partial charge in [0.2, 0.25) is 0 Å². The van der Waals surface area contributed by atoms with Crippen molar-refractivity contribution < 1.29 is 23.8 Å². The molecule has 134 valence electrons. The summed E-state index contributed by atoms with van der Waals surface area (Å²) in [4.78, 5) is 23.5. The molecule has 0 bridgehead atoms. The molecule has 0 aliphatic rings. The SMILES string of the molecule is CCC(C)(C)NC(=O)COC(=O)CCc1ccc(OC)c(OC)c1. The molecule has 0 saturated heterocycles. The van der Waals surface area contributed by atoms with E-state index in [0.29, 0.717) is 17.9 Å². The zero-order valence-corrected chi connectivity index (χ0v) is 15.1. The molecule has 1 aromatic carbocycles. The maximum atomic E-state index is 11.8. The molecule has 0 aliphatic heterocycles. The molecule has 1 rings (SSSR count). The molecule has 1 N–H and O–H groups in total. The van der Waals surface area contributed by atoms with Gasteiger partial charge in [0.25, 0.3) is 5.91 Å². The van der Waals surface area contributed by atoms with Crippen molar-refractivity contribution in [3.63, 3.8) is 0 Å². The average Bonchev–Trinajstić information content (AvgIpc) is 2.57. The monoisotopic (exact) mass is 337 g/mol. The van der Waals surface area contributed by atoms with Crippen molar-refractivity contribution in [2.75, 3.05) is 20.8 Å². The van der Waals surface area contributed by atoms with E-state index in [1.807, 2.05) is 32.9 Å². The lowest BCUT2D eigenvalue weighted by Gasteiger charge is -2.24. The summed E-state index contributed by atoms with van der Waals surface area (Å²) < 4.78 is 15.4. The van der Waals surface area contributed by atoms with Crippen molar-refractivity contribution >= 4 is 11.9 Å². The van der Waals surface area contributed by atoms with E-state index in [0.717, 1.165) is 12.0 Å². The van der Waals surface area contributed by atoms with Gasteiger partial charge in [-0.25, -0.2) is 0 Å². The van der Waals surface area contributed by atoms with Gasteiger partial charge in [-0.2, -0.15) is 0 Å². The van der Waals surface area contributed by atoms with Crippen molar-refractivity contribution in [1.82, 2.24) is 5.32 Å². The van der Waals surface area contributed by atoms with Crippen LogP contribution in [0, 0.1) is 0 Å². The zero-order valence-electron chi connectivity index (χ0n) is 15.1. The minimum absolute atomic E-state index is 0.194. The van der Waals surface area contributed by atoms with Crippen LogP contribution < -0.4 is 14.8 Å². The highest BCUT2D eigenvalue weighted by Crippen LogP contribution is 2.27. The minimum atomic E-state index is -0.408. The van der Waals surface area contributed by atoms with Crippen LogP contribution in [0.25, 0.3) is 0 Å². The number of benzene rings is 1. The van der Waals surface area contributed by atoms with E-state index in [9.17, 15) is 9.59 Å². The van der Waals surface area contributed by atoms with Gasteiger partial charge in [0.05, 0.1) is 14.2 Å². The van der Waals surface area contributed by atoms with E-state index >= 15 is 0 Å². The third-order valence-electron chi connectivity index (χ3n) is 3.79. The third-order valence-corrected chi connectivity index (χ3v) is 3.79. The summed E-state index contributed by atoms with van der Waals surface area (Å²) in [6.07, 6.45) is 1.49. The predicted molar refractivity (Wildman–Crippen MR) is 91.3 cm³/mol. The molecule has 0 heterocycles. The Labute approximate surface area is 143 Å². The highest BCUT2D eigenvalue weighted by atomic mass is 16.5. The molecule has 6 heteroatoms. The Morgan fingerprint density at radius 1 is 1.12 bits per heavy atom. The van der Waals surface area contributed by atoms with E-state index in [1.165, 1.54) is 0 Å². The second kappa shape index (κ2) is 9.15. The molecular formula is C18H27NO5. The third kappa shape index (κ3) is 6.48. The van der Waals surface area contributed by atoms with Crippen LogP contribution in [0.15, 0.2) is 18.2 Å². The Bertz CT molecular complexity index is 569. The van der Waals surface area contributed by atoms with E-state index in [-0.39, 0.29) is 24.5 Å². The van der Waals surface area contributed by atoms with Crippen molar-refractivity contribution in [1.29, 1.82) is 0 Å². The highest BCUT2D eigenvalue weighted by Gasteiger charge is 2.18. The van der Waals surface area contributed by atoms with Crippen LogP contribution in [-0.4, -0.2) is 38.2 Å². The number of ether oxygens (including phenoxy) is 3. The van der Waals surface area contributed by atoms with Gasteiger partial charge in [0, 0.05) is 12.0 Å². The van der Waals surface area contributed by atoms with Gasteiger partial charge in [-0.05, 0) is 44.4 Å². The number of esters is 1. The summed E-state index contributed by atoms with van der Waals surface area (Å²) in [5.74, 6) is 0.555. The van der Waals surface area contributed by atoms with Crippen molar-refractivity contribution in [2.45, 2.75) is 45.6 Å². The lowest BCUT2D eigenvalue weighted by Crippen LogP contribution is -2.44. The highest BCUT2D eigenvalue weighted by molar-refractivity contribution is 5.81. The van der Waals surface area contributed by atoms with Gasteiger partial charge in [-0.1, -0.05) is 13.0 Å². The first-order valence-electron chi connectivity index (χ1n) is 7.99. The summed E-state index contributed by atoms with van der Waals surface area (Å²) in [6.45, 7) is 5.57. The number of aryl methyl sites for hydroxylation is 1. The standard InChI is InChI=1S/C18H27NO5/c1-6-18(2,3)19-16(20)12-24-17(21)10-8-13-7-9-14(22-4)15(11-13)23-5/h7,9,11H,6,8,10,12H2,1-5H3,(H,19,20). The fourth-order valence-electron chi connectivity index (χ4n) is 2.00. The van der Waals surface area contributed by atoms with Gasteiger partial charge in [0.15, 0.2) is 18.1 Å². The Balaban J connectivity index is 2.43. The second-order valence-electron chi connectivity index (χ2n) is 6.14. The molecule has 0 spiro atoms. The first-order chi connectivity index (χ1) is 11.3. The van der Waals surface area contributed by atoms with Crippen molar-refractivity contribution in [3.8, 4) is 11.5 Å². The fraction of sp³-hybridized carbons (Fsp3) is 0.556. The Morgan fingerprint density at radius 2 is 1.79 bits per heavy atom. The fourth-order valence-corrected chi connectivity index (χ4v) is 2.00. The molecule has 1 aromatic rings. The second-order valence-corrected chi connectivity index (χ2v) is 6.14. The van der Waals surface area contributed by atoms with Crippen LogP contribution >= 0.6 is 0 Å². The van der Waals surface area contributed by atoms with Crippen LogP contribution in [0.1, 0.15) is 39.2 Å². The average molecular weight is 337 g/mol. The molecule has 1 amide bonds. The number of nitrogens with one attached hydrogen (secondary N) is 1. The molecule has 0 fully saturated rings. The van der Waals surface area contributed by atoms with Crippen molar-refractivity contribution in [2.24, 2.45) is 0 Å². The van der Waals surface area contributed by atoms with Crippen LogP contribution in [0.4, 0.5) is 0 Å². The number of carbonyl (C=O) groups excluding carboxylic acids is 2. The Morgan fingerprint density at radius 3 is 2.38 bits per heavy atom. The first-order valence-corrected chi connectivity index (χ1v) is 7.99. The van der Waals surface area contributed by atoms with Gasteiger partial charge in [-0.3, -0.25) is 9.59 Å². The lowest BCUT2D eigenvalue weighted by atomic mass is 10.0. The predicted octanol–water partition coefficient (Wildman–Crippen LogP) is 2.48. The van der Waals surface area contributed by atoms with Gasteiger partial charge >= 0.3 is 5.97 Å². The maximum Gasteiger partial charge on any atom is 0.306 e. The summed E-state index contributed by atoms with van der Waals surface area (Å²) in [5, 5.41) is 2.82. The topological polar surface area (TPSA) is 73.9 Å². The smallest absolute Gasteiger partial charge is 0.306 e. The molecule has 24 heavy (non-hydrogen) atoms. The van der Waals surface area contributed by atoms with Gasteiger partial charge < -0.3 is 19.5 Å². The van der Waals surface area contributed by atoms with Crippen LogP contribution in [0.3, 0.4) is 0 Å². The van der Waals surface area contributed by atoms with Gasteiger partial charge in [0.1, 0.15) is 0 Å². The summed E-state index contributed by atoms with van der Waals surface area (Å²) in [7, 11) is 3.13. The van der Waals surface area contributed by atoms with Crippen LogP contribution in [0.5, 0.6) is 11.5 Å². The molecule has 0 atom stereocenters. The van der Waals surface area contributed by atoms with Crippen LogP contribution in [-0.2, 0) is 20.7 Å². The zero-order chi connectivity index (χ0) is 18.2. The first kappa shape index (κ1) is 19.8. The molecule has 0 saturated carbocycles. The largest absolute Gasteiger partial charge is 0.493 e. The molecule has 6 nitrogen and oxygen atoms in total. The molecule has 0 aromatic heterocycles. The molecular weight excluding hydrogens is 310 g/mol. The summed E-state index contributed by atoms with van der Waals surface area (Å²) >= 11 is 0. The van der Waals surface area contributed by atoms with Gasteiger partial charge in [-0.15, -0.1) is 0 Å². The molecule has 0 unspecified atom stereocenters. The van der Waals surface area contributed by atoms with E-state index in [2.05, 4.69) is 5.32 Å². The minimum Gasteiger partial charge on any atom is -0.493 e. The number of methoxy groups -OCH3 is 2. The molecule has 0 radical (unpaired) electrons. The molecule has 0 aliphatic carbocycles. The van der Waals surface area contributed by atoms with Crippen molar-refractivity contribution in [3.05, 3.63) is 23.8 Å². The van der Waals surface area contributed by atoms with E-state index in [1.54, 1.807) is 20.3 Å². The quantitative estimate of drug-likeness (QED) is 0.701. The number of amides is 1.